The molecule has 0 fully saturated rings. The molecule has 21 heavy (non-hydrogen) atoms. The third-order valence-electron chi connectivity index (χ3n) is 2.94. The Hall–Kier alpha value is -1.79. The quantitative estimate of drug-likeness (QED) is 0.656. The zero-order valence-corrected chi connectivity index (χ0v) is 12.8. The van der Waals surface area contributed by atoms with Crippen LogP contribution < -0.4 is 20.5 Å². The summed E-state index contributed by atoms with van der Waals surface area (Å²) in [6.07, 6.45) is 0.123. The first-order chi connectivity index (χ1) is 10.1. The van der Waals surface area contributed by atoms with Gasteiger partial charge >= 0.3 is 0 Å². The van der Waals surface area contributed by atoms with Crippen molar-refractivity contribution in [3.05, 3.63) is 23.8 Å². The Bertz CT molecular complexity index is 451. The van der Waals surface area contributed by atoms with Crippen molar-refractivity contribution in [3.8, 4) is 11.5 Å². The summed E-state index contributed by atoms with van der Waals surface area (Å²) in [6, 6.07) is 5.60. The molecule has 0 saturated carbocycles. The molecule has 1 unspecified atom stereocenters. The summed E-state index contributed by atoms with van der Waals surface area (Å²) in [7, 11) is 3.15. The van der Waals surface area contributed by atoms with Crippen molar-refractivity contribution in [2.45, 2.75) is 19.4 Å². The van der Waals surface area contributed by atoms with Crippen LogP contribution in [-0.2, 0) is 16.0 Å². The number of carbonyl (C=O) groups is 1. The molecule has 0 spiro atoms. The van der Waals surface area contributed by atoms with Gasteiger partial charge in [0.25, 0.3) is 5.91 Å². The third-order valence-corrected chi connectivity index (χ3v) is 2.94. The average molecular weight is 296 g/mol. The van der Waals surface area contributed by atoms with Crippen LogP contribution >= 0.6 is 0 Å². The van der Waals surface area contributed by atoms with Crippen molar-refractivity contribution < 1.29 is 19.0 Å². The summed E-state index contributed by atoms with van der Waals surface area (Å²) in [5.41, 5.74) is 6.59. The first-order valence-corrected chi connectivity index (χ1v) is 6.92. The second-order valence-electron chi connectivity index (χ2n) is 4.57. The number of amides is 1. The van der Waals surface area contributed by atoms with E-state index in [1.165, 1.54) is 0 Å². The van der Waals surface area contributed by atoms with E-state index in [1.54, 1.807) is 21.1 Å². The van der Waals surface area contributed by atoms with E-state index in [9.17, 15) is 4.79 Å². The molecular weight excluding hydrogens is 272 g/mol. The maximum Gasteiger partial charge on any atom is 0.260 e. The van der Waals surface area contributed by atoms with Crippen molar-refractivity contribution in [3.63, 3.8) is 0 Å². The van der Waals surface area contributed by atoms with E-state index in [0.717, 1.165) is 12.0 Å². The molecule has 0 aromatic heterocycles. The highest BCUT2D eigenvalue weighted by Gasteiger charge is 2.16. The highest BCUT2D eigenvalue weighted by atomic mass is 16.5. The fourth-order valence-corrected chi connectivity index (χ4v) is 1.80. The minimum atomic E-state index is -0.621. The maximum absolute atomic E-state index is 11.9. The SMILES string of the molecule is COCCNC(=O)C(C)Oc1cc(CCN)ccc1OC. The van der Waals surface area contributed by atoms with Gasteiger partial charge in [-0.1, -0.05) is 6.07 Å². The lowest BCUT2D eigenvalue weighted by atomic mass is 10.1. The first-order valence-electron chi connectivity index (χ1n) is 6.92. The van der Waals surface area contributed by atoms with E-state index in [-0.39, 0.29) is 5.91 Å². The van der Waals surface area contributed by atoms with Crippen LogP contribution in [0.2, 0.25) is 0 Å². The van der Waals surface area contributed by atoms with E-state index in [1.807, 2.05) is 18.2 Å². The number of carbonyl (C=O) groups excluding carboxylic acids is 1. The standard InChI is InChI=1S/C15H24N2O4/c1-11(15(18)17-8-9-19-2)21-14-10-12(6-7-16)4-5-13(14)20-3/h4-5,10-11H,6-9,16H2,1-3H3,(H,17,18). The van der Waals surface area contributed by atoms with Crippen LogP contribution in [0.15, 0.2) is 18.2 Å². The summed E-state index contributed by atoms with van der Waals surface area (Å²) >= 11 is 0. The summed E-state index contributed by atoms with van der Waals surface area (Å²) in [5.74, 6) is 0.934. The lowest BCUT2D eigenvalue weighted by molar-refractivity contribution is -0.127. The number of ether oxygens (including phenoxy) is 3. The molecule has 1 aromatic carbocycles. The van der Waals surface area contributed by atoms with Gasteiger partial charge in [0.15, 0.2) is 17.6 Å². The monoisotopic (exact) mass is 296 g/mol. The second-order valence-corrected chi connectivity index (χ2v) is 4.57. The molecule has 0 saturated heterocycles. The van der Waals surface area contributed by atoms with Gasteiger partial charge in [-0.3, -0.25) is 4.79 Å². The third kappa shape index (κ3) is 5.61. The highest BCUT2D eigenvalue weighted by molar-refractivity contribution is 5.80. The molecule has 6 nitrogen and oxygen atoms in total. The lowest BCUT2D eigenvalue weighted by Crippen LogP contribution is -2.38. The molecule has 1 atom stereocenters. The first kappa shape index (κ1) is 17.3. The Kier molecular flexibility index (Phi) is 7.56. The number of nitrogens with one attached hydrogen (secondary N) is 1. The molecule has 0 bridgehead atoms. The maximum atomic E-state index is 11.9. The van der Waals surface area contributed by atoms with Gasteiger partial charge in [0.05, 0.1) is 13.7 Å². The summed E-state index contributed by atoms with van der Waals surface area (Å²) in [4.78, 5) is 11.9. The van der Waals surface area contributed by atoms with Crippen LogP contribution in [0.4, 0.5) is 0 Å². The van der Waals surface area contributed by atoms with E-state index in [4.69, 9.17) is 19.9 Å². The predicted octanol–water partition coefficient (Wildman–Crippen LogP) is 0.726. The molecule has 118 valence electrons. The van der Waals surface area contributed by atoms with Crippen LogP contribution in [-0.4, -0.2) is 45.9 Å². The molecule has 0 aliphatic rings. The second kappa shape index (κ2) is 9.20. The number of methoxy groups -OCH3 is 2. The molecule has 1 aromatic rings. The summed E-state index contributed by atoms with van der Waals surface area (Å²) < 4.78 is 15.8. The average Bonchev–Trinajstić information content (AvgIpc) is 2.48. The topological polar surface area (TPSA) is 82.8 Å². The number of hydrogen-bond acceptors (Lipinski definition) is 5. The predicted molar refractivity (Wildman–Crippen MR) is 80.7 cm³/mol. The minimum Gasteiger partial charge on any atom is -0.493 e. The van der Waals surface area contributed by atoms with Gasteiger partial charge in [0, 0.05) is 13.7 Å². The zero-order chi connectivity index (χ0) is 15.7. The normalized spacial score (nSPS) is 11.8. The Morgan fingerprint density at radius 2 is 2.10 bits per heavy atom. The Morgan fingerprint density at radius 1 is 1.33 bits per heavy atom. The largest absolute Gasteiger partial charge is 0.493 e. The zero-order valence-electron chi connectivity index (χ0n) is 12.8. The molecule has 6 heteroatoms. The van der Waals surface area contributed by atoms with Crippen molar-refractivity contribution in [1.29, 1.82) is 0 Å². The van der Waals surface area contributed by atoms with Crippen LogP contribution in [0.5, 0.6) is 11.5 Å². The Morgan fingerprint density at radius 3 is 2.71 bits per heavy atom. The summed E-state index contributed by atoms with van der Waals surface area (Å²) in [6.45, 7) is 3.16. The number of benzene rings is 1. The molecule has 3 N–H and O–H groups in total. The van der Waals surface area contributed by atoms with Crippen LogP contribution in [0.25, 0.3) is 0 Å². The van der Waals surface area contributed by atoms with Gasteiger partial charge in [0.1, 0.15) is 0 Å². The Labute approximate surface area is 125 Å². The van der Waals surface area contributed by atoms with Crippen molar-refractivity contribution in [1.82, 2.24) is 5.32 Å². The van der Waals surface area contributed by atoms with E-state index >= 15 is 0 Å². The van der Waals surface area contributed by atoms with Crippen molar-refractivity contribution >= 4 is 5.91 Å². The smallest absolute Gasteiger partial charge is 0.260 e. The highest BCUT2D eigenvalue weighted by Crippen LogP contribution is 2.29. The van der Waals surface area contributed by atoms with Gasteiger partial charge < -0.3 is 25.3 Å². The van der Waals surface area contributed by atoms with Gasteiger partial charge in [0.2, 0.25) is 0 Å². The van der Waals surface area contributed by atoms with Gasteiger partial charge in [-0.2, -0.15) is 0 Å². The van der Waals surface area contributed by atoms with E-state index in [2.05, 4.69) is 5.32 Å². The van der Waals surface area contributed by atoms with Crippen LogP contribution in [0, 0.1) is 0 Å². The molecule has 0 aliphatic carbocycles. The number of hydrogen-bond donors (Lipinski definition) is 2. The Balaban J connectivity index is 2.70. The molecule has 0 aliphatic heterocycles. The molecule has 1 rings (SSSR count). The van der Waals surface area contributed by atoms with Gasteiger partial charge in [-0.05, 0) is 37.6 Å². The van der Waals surface area contributed by atoms with Crippen molar-refractivity contribution in [2.24, 2.45) is 5.73 Å². The molecule has 1 amide bonds. The molecule has 0 heterocycles. The van der Waals surface area contributed by atoms with Gasteiger partial charge in [-0.15, -0.1) is 0 Å². The van der Waals surface area contributed by atoms with Gasteiger partial charge in [-0.25, -0.2) is 0 Å². The number of rotatable bonds is 9. The van der Waals surface area contributed by atoms with Crippen molar-refractivity contribution in [2.75, 3.05) is 33.9 Å². The van der Waals surface area contributed by atoms with E-state index in [0.29, 0.717) is 31.2 Å². The number of nitrogens with two attached hydrogens (primary N) is 1. The van der Waals surface area contributed by atoms with Crippen LogP contribution in [0.1, 0.15) is 12.5 Å². The fourth-order valence-electron chi connectivity index (χ4n) is 1.80. The van der Waals surface area contributed by atoms with E-state index < -0.39 is 6.10 Å². The minimum absolute atomic E-state index is 0.196. The lowest BCUT2D eigenvalue weighted by Gasteiger charge is -2.17. The van der Waals surface area contributed by atoms with Crippen LogP contribution in [0.3, 0.4) is 0 Å². The molecular formula is C15H24N2O4. The molecule has 0 radical (unpaired) electrons. The fraction of sp³-hybridized carbons (Fsp3) is 0.533. The summed E-state index contributed by atoms with van der Waals surface area (Å²) in [5, 5.41) is 2.73.